The average molecular weight is 531 g/mol. The molecule has 4 aromatic rings. The Balaban J connectivity index is 0.00000171. The normalized spacial score (nSPS) is 9.74. The molecule has 0 aliphatic carbocycles. The summed E-state index contributed by atoms with van der Waals surface area (Å²) in [5.41, 5.74) is 7.02. The maximum absolute atomic E-state index is 6.20. The number of para-hydroxylation sites is 2. The molecule has 0 heterocycles. The first-order valence-electron chi connectivity index (χ1n) is 9.61. The molecule has 4 aromatic carbocycles. The molecular weight excluding hydrogens is 506 g/mol. The van der Waals surface area contributed by atoms with Crippen molar-refractivity contribution >= 4 is 24.8 Å². The zero-order valence-corrected chi connectivity index (χ0v) is 21.5. The van der Waals surface area contributed by atoms with Crippen LogP contribution in [0.1, 0.15) is 11.1 Å². The molecule has 4 rings (SSSR count). The molecule has 0 spiro atoms. The average Bonchev–Trinajstić information content (AvgIpc) is 2.74. The molecule has 0 aliphatic heterocycles. The first-order valence-corrected chi connectivity index (χ1v) is 11.6. The number of aryl methyl sites for hydroxylation is 2. The van der Waals surface area contributed by atoms with Crippen molar-refractivity contribution < 1.29 is 29.7 Å². The third-order valence-corrected chi connectivity index (χ3v) is 6.23. The van der Waals surface area contributed by atoms with Gasteiger partial charge in [0.25, 0.3) is 0 Å². The minimum atomic E-state index is -1.57. The third-order valence-electron chi connectivity index (χ3n) is 4.74. The van der Waals surface area contributed by atoms with Crippen molar-refractivity contribution in [1.82, 2.24) is 0 Å². The quantitative estimate of drug-likeness (QED) is 0.253. The maximum Gasteiger partial charge on any atom is -0.147 e. The Labute approximate surface area is 209 Å². The van der Waals surface area contributed by atoms with Crippen LogP contribution in [-0.4, -0.2) is 0 Å². The number of halogens is 2. The van der Waals surface area contributed by atoms with E-state index >= 15 is 0 Å². The van der Waals surface area contributed by atoms with Crippen LogP contribution in [0.5, 0.6) is 11.5 Å². The van der Waals surface area contributed by atoms with Crippen LogP contribution < -0.4 is 5.63 Å². The second-order valence-electron chi connectivity index (χ2n) is 7.02. The largest absolute Gasteiger partial charge is 0.147 e. The summed E-state index contributed by atoms with van der Waals surface area (Å²) in [6.45, 7) is 4.21. The first kappa shape index (κ1) is 25.2. The van der Waals surface area contributed by atoms with E-state index in [-0.39, 0.29) is 24.8 Å². The molecule has 158 valence electrons. The maximum atomic E-state index is 6.20. The van der Waals surface area contributed by atoms with Gasteiger partial charge in [-0.05, 0) is 0 Å². The van der Waals surface area contributed by atoms with Gasteiger partial charge in [0.05, 0.1) is 0 Å². The summed E-state index contributed by atoms with van der Waals surface area (Å²) in [4.78, 5) is 0. The van der Waals surface area contributed by atoms with E-state index < -0.39 is 24.1 Å². The van der Waals surface area contributed by atoms with Crippen LogP contribution in [0.3, 0.4) is 0 Å². The molecule has 0 radical (unpaired) electrons. The molecule has 0 aromatic heterocycles. The first-order chi connectivity index (χ1) is 14.2. The summed E-state index contributed by atoms with van der Waals surface area (Å²) in [6.07, 6.45) is 0. The monoisotopic (exact) mass is 528 g/mol. The van der Waals surface area contributed by atoms with E-state index in [4.69, 9.17) is 5.63 Å². The Hall–Kier alpha value is -2.06. The summed E-state index contributed by atoms with van der Waals surface area (Å²) < 4.78 is 12.4. The van der Waals surface area contributed by atoms with Crippen molar-refractivity contribution in [2.24, 2.45) is 0 Å². The summed E-state index contributed by atoms with van der Waals surface area (Å²) in [5.74, 6) is 1.77. The predicted molar refractivity (Wildman–Crippen MR) is 129 cm³/mol. The third kappa shape index (κ3) is 6.46. The van der Waals surface area contributed by atoms with Crippen LogP contribution in [0.2, 0.25) is 0 Å². The van der Waals surface area contributed by atoms with Gasteiger partial charge in [0.15, 0.2) is 0 Å². The SMILES string of the molecule is Cc1cccc(-c2ccccc2[O][Zr][O]c2ccccc2-c2cccc(C)c2)c1.Cl.Cl. The number of hydrogen-bond donors (Lipinski definition) is 0. The molecule has 0 atom stereocenters. The minimum Gasteiger partial charge on any atom is -0.147 e. The van der Waals surface area contributed by atoms with Crippen LogP contribution in [0.25, 0.3) is 22.3 Å². The smallest absolute Gasteiger partial charge is 0.147 e. The molecule has 0 amide bonds. The molecule has 0 unspecified atom stereocenters. The molecule has 0 bridgehead atoms. The van der Waals surface area contributed by atoms with Gasteiger partial charge in [-0.3, -0.25) is 0 Å². The van der Waals surface area contributed by atoms with Gasteiger partial charge < -0.3 is 0 Å². The molecular formula is C26H24Cl2O2Zr. The van der Waals surface area contributed by atoms with Crippen LogP contribution in [0.15, 0.2) is 97.1 Å². The van der Waals surface area contributed by atoms with Gasteiger partial charge in [0, 0.05) is 0 Å². The van der Waals surface area contributed by atoms with Crippen LogP contribution in [0, 0.1) is 13.8 Å². The summed E-state index contributed by atoms with van der Waals surface area (Å²) in [7, 11) is 0. The van der Waals surface area contributed by atoms with Gasteiger partial charge in [-0.15, -0.1) is 24.8 Å². The fourth-order valence-electron chi connectivity index (χ4n) is 3.32. The van der Waals surface area contributed by atoms with E-state index in [1.165, 1.54) is 22.3 Å². The topological polar surface area (TPSA) is 18.5 Å². The molecule has 0 N–H and O–H groups in total. The summed E-state index contributed by atoms with van der Waals surface area (Å²) in [5, 5.41) is 0. The Morgan fingerprint density at radius 2 is 0.935 bits per heavy atom. The second-order valence-corrected chi connectivity index (χ2v) is 8.43. The summed E-state index contributed by atoms with van der Waals surface area (Å²) >= 11 is -1.57. The van der Waals surface area contributed by atoms with E-state index in [0.717, 1.165) is 22.6 Å². The molecule has 0 saturated heterocycles. The van der Waals surface area contributed by atoms with Crippen LogP contribution in [0.4, 0.5) is 0 Å². The number of rotatable bonds is 6. The molecule has 0 fully saturated rings. The van der Waals surface area contributed by atoms with Crippen molar-refractivity contribution in [3.8, 4) is 33.8 Å². The van der Waals surface area contributed by atoms with Crippen molar-refractivity contribution in [2.75, 3.05) is 0 Å². The van der Waals surface area contributed by atoms with Crippen molar-refractivity contribution in [3.05, 3.63) is 108 Å². The van der Waals surface area contributed by atoms with Gasteiger partial charge >= 0.3 is 186 Å². The van der Waals surface area contributed by atoms with Gasteiger partial charge in [0.2, 0.25) is 0 Å². The molecule has 5 heteroatoms. The van der Waals surface area contributed by atoms with Crippen molar-refractivity contribution in [3.63, 3.8) is 0 Å². The van der Waals surface area contributed by atoms with E-state index in [1.807, 2.05) is 36.4 Å². The van der Waals surface area contributed by atoms with E-state index in [9.17, 15) is 0 Å². The molecule has 31 heavy (non-hydrogen) atoms. The Morgan fingerprint density at radius 3 is 1.35 bits per heavy atom. The fourth-order valence-corrected chi connectivity index (χ4v) is 4.74. The van der Waals surface area contributed by atoms with Crippen molar-refractivity contribution in [2.45, 2.75) is 13.8 Å². The van der Waals surface area contributed by atoms with E-state index in [1.54, 1.807) is 0 Å². The fraction of sp³-hybridized carbons (Fsp3) is 0.0769. The van der Waals surface area contributed by atoms with E-state index in [0.29, 0.717) is 0 Å². The number of hydrogen-bond acceptors (Lipinski definition) is 2. The zero-order chi connectivity index (χ0) is 20.1. The van der Waals surface area contributed by atoms with E-state index in [2.05, 4.69) is 74.5 Å². The molecule has 0 aliphatic rings. The predicted octanol–water partition coefficient (Wildman–Crippen LogP) is 7.85. The Bertz CT molecular complexity index is 1040. The van der Waals surface area contributed by atoms with Gasteiger partial charge in [-0.1, -0.05) is 0 Å². The van der Waals surface area contributed by atoms with Gasteiger partial charge in [-0.25, -0.2) is 0 Å². The van der Waals surface area contributed by atoms with Crippen LogP contribution >= 0.6 is 24.8 Å². The standard InChI is InChI=1S/2C13H12O.2ClH.Zr/c2*1-10-5-4-6-11(9-10)12-7-2-3-8-13(12)14;;;/h2*2-9,14H,1H3;2*1H;/q;;;;+2/p-2. The second kappa shape index (κ2) is 12.1. The molecule has 0 saturated carbocycles. The summed E-state index contributed by atoms with van der Waals surface area (Å²) in [6, 6.07) is 33.3. The Kier molecular flexibility index (Phi) is 9.84. The van der Waals surface area contributed by atoms with Crippen LogP contribution in [-0.2, 0) is 24.1 Å². The van der Waals surface area contributed by atoms with Gasteiger partial charge in [-0.2, -0.15) is 0 Å². The molecule has 2 nitrogen and oxygen atoms in total. The zero-order valence-electron chi connectivity index (χ0n) is 17.4. The number of benzene rings is 4. The van der Waals surface area contributed by atoms with Gasteiger partial charge in [0.1, 0.15) is 0 Å². The van der Waals surface area contributed by atoms with Crippen molar-refractivity contribution in [1.29, 1.82) is 0 Å². The minimum absolute atomic E-state index is 0. The Morgan fingerprint density at radius 1 is 0.516 bits per heavy atom.